The molecule has 1 aromatic carbocycles. The Labute approximate surface area is 102 Å². The zero-order valence-electron chi connectivity index (χ0n) is 10.7. The summed E-state index contributed by atoms with van der Waals surface area (Å²) in [6.45, 7) is 7.28. The average molecular weight is 239 g/mol. The minimum atomic E-state index is -0.741. The number of rotatable bonds is 1. The Morgan fingerprint density at radius 1 is 1.12 bits per heavy atom. The van der Waals surface area contributed by atoms with E-state index >= 15 is 0 Å². The minimum Gasteiger partial charge on any atom is -0.481 e. The maximum atomic E-state index is 9.70. The average Bonchev–Trinajstić information content (AvgIpc) is 2.80. The van der Waals surface area contributed by atoms with Crippen LogP contribution in [0.5, 0.6) is 0 Å². The maximum Gasteiger partial charge on any atom is 0.305 e. The lowest BCUT2D eigenvalue weighted by Crippen LogP contribution is -2.19. The van der Waals surface area contributed by atoms with Crippen molar-refractivity contribution in [2.24, 2.45) is 5.92 Å². The predicted octanol–water partition coefficient (Wildman–Crippen LogP) is 2.70. The van der Waals surface area contributed by atoms with Crippen LogP contribution in [0.15, 0.2) is 24.3 Å². The van der Waals surface area contributed by atoms with Gasteiger partial charge >= 0.3 is 5.97 Å². The van der Waals surface area contributed by atoms with Gasteiger partial charge in [-0.2, -0.15) is 0 Å². The van der Waals surface area contributed by atoms with Gasteiger partial charge in [-0.3, -0.25) is 4.79 Å². The van der Waals surface area contributed by atoms with Gasteiger partial charge in [-0.25, -0.2) is 0 Å². The predicted molar refractivity (Wildman–Crippen MR) is 70.6 cm³/mol. The van der Waals surface area contributed by atoms with Gasteiger partial charge in [-0.05, 0) is 12.1 Å². The number of nitrogens with one attached hydrogen (secondary N) is 3. The second-order valence-electron chi connectivity index (χ2n) is 3.41. The monoisotopic (exact) mass is 239 g/mol. The maximum absolute atomic E-state index is 9.70. The molecular formula is C12H21N3O2. The molecular weight excluding hydrogens is 218 g/mol. The molecule has 17 heavy (non-hydrogen) atoms. The fraction of sp³-hybridized carbons (Fsp3) is 0.417. The molecule has 1 aliphatic rings. The molecule has 0 fully saturated rings. The van der Waals surface area contributed by atoms with Crippen molar-refractivity contribution >= 4 is 17.3 Å². The molecule has 0 radical (unpaired) electrons. The number of anilines is 2. The van der Waals surface area contributed by atoms with Crippen molar-refractivity contribution in [2.75, 3.05) is 10.9 Å². The number of hydrogen-bond donors (Lipinski definition) is 4. The third-order valence-corrected chi connectivity index (χ3v) is 1.82. The number of benzene rings is 1. The van der Waals surface area contributed by atoms with E-state index in [1.807, 2.05) is 38.1 Å². The normalized spacial score (nSPS) is 10.9. The van der Waals surface area contributed by atoms with E-state index in [0.29, 0.717) is 0 Å². The molecule has 4 N–H and O–H groups in total. The van der Waals surface area contributed by atoms with Crippen molar-refractivity contribution in [2.45, 2.75) is 27.7 Å². The molecule has 0 unspecified atom stereocenters. The van der Waals surface area contributed by atoms with Crippen LogP contribution in [-0.2, 0) is 4.79 Å². The van der Waals surface area contributed by atoms with Gasteiger partial charge in [0.1, 0.15) is 0 Å². The number of aliphatic carboxylic acids is 1. The first-order valence-corrected chi connectivity index (χ1v) is 5.70. The van der Waals surface area contributed by atoms with Crippen LogP contribution in [0.2, 0.25) is 0 Å². The van der Waals surface area contributed by atoms with Crippen LogP contribution >= 0.6 is 0 Å². The van der Waals surface area contributed by atoms with E-state index in [1.54, 1.807) is 13.8 Å². The summed E-state index contributed by atoms with van der Waals surface area (Å²) in [6, 6.07) is 7.98. The van der Waals surface area contributed by atoms with E-state index in [1.165, 1.54) is 0 Å². The lowest BCUT2D eigenvalue weighted by Gasteiger charge is -1.91. The Hall–Kier alpha value is -1.75. The summed E-state index contributed by atoms with van der Waals surface area (Å²) >= 11 is 0. The Balaban J connectivity index is 0.000000283. The molecule has 0 saturated heterocycles. The van der Waals surface area contributed by atoms with E-state index in [2.05, 4.69) is 16.4 Å². The zero-order valence-corrected chi connectivity index (χ0v) is 10.7. The summed E-state index contributed by atoms with van der Waals surface area (Å²) in [7, 11) is 0. The third-order valence-electron chi connectivity index (χ3n) is 1.82. The van der Waals surface area contributed by atoms with E-state index in [4.69, 9.17) is 5.11 Å². The van der Waals surface area contributed by atoms with Crippen LogP contribution < -0.4 is 16.4 Å². The van der Waals surface area contributed by atoms with Crippen molar-refractivity contribution in [1.29, 1.82) is 0 Å². The van der Waals surface area contributed by atoms with Crippen LogP contribution in [0.4, 0.5) is 11.4 Å². The van der Waals surface area contributed by atoms with Crippen LogP contribution in [-0.4, -0.2) is 11.1 Å². The molecule has 0 saturated carbocycles. The summed E-state index contributed by atoms with van der Waals surface area (Å²) in [6.07, 6.45) is 0. The molecule has 0 bridgehead atoms. The van der Waals surface area contributed by atoms with Crippen molar-refractivity contribution in [3.63, 3.8) is 0 Å². The van der Waals surface area contributed by atoms with Crippen molar-refractivity contribution < 1.29 is 9.90 Å². The quantitative estimate of drug-likeness (QED) is 0.606. The molecule has 1 heterocycles. The van der Waals surface area contributed by atoms with Gasteiger partial charge in [0.2, 0.25) is 0 Å². The summed E-state index contributed by atoms with van der Waals surface area (Å²) in [5, 5.41) is 7.99. The number of carbonyl (C=O) groups is 1. The molecule has 1 aromatic rings. The number of carboxylic acids is 1. The van der Waals surface area contributed by atoms with Crippen LogP contribution in [0.3, 0.4) is 0 Å². The topological polar surface area (TPSA) is 73.4 Å². The highest BCUT2D eigenvalue weighted by atomic mass is 16.4. The molecule has 0 amide bonds. The summed E-state index contributed by atoms with van der Waals surface area (Å²) in [5.74, 6) is -0.972. The first kappa shape index (κ1) is 15.2. The van der Waals surface area contributed by atoms with E-state index in [9.17, 15) is 4.79 Å². The number of hydrazine groups is 2. The molecule has 0 aliphatic carbocycles. The molecule has 2 rings (SSSR count). The van der Waals surface area contributed by atoms with Gasteiger partial charge in [0, 0.05) is 0 Å². The standard InChI is InChI=1S/C6H7N3.C4H8O2.C2H6/c1-2-4-6-5(3-1)7-9-8-6;1-3(2)4(5)6;1-2/h1-4,7-9H;3H,1-2H3,(H,5,6);1-2H3. The minimum absolute atomic E-state index is 0.231. The first-order valence-electron chi connectivity index (χ1n) is 5.70. The second kappa shape index (κ2) is 8.41. The molecule has 0 spiro atoms. The lowest BCUT2D eigenvalue weighted by molar-refractivity contribution is -0.140. The molecule has 96 valence electrons. The Bertz CT molecular complexity index is 317. The van der Waals surface area contributed by atoms with Crippen LogP contribution in [0.1, 0.15) is 27.7 Å². The summed E-state index contributed by atoms with van der Waals surface area (Å²) in [5.41, 5.74) is 10.9. The van der Waals surface area contributed by atoms with Crippen LogP contribution in [0.25, 0.3) is 0 Å². The highest BCUT2D eigenvalue weighted by molar-refractivity contribution is 5.70. The first-order chi connectivity index (χ1) is 8.11. The number of carboxylic acid groups (broad SMARTS) is 1. The van der Waals surface area contributed by atoms with Gasteiger partial charge in [0.05, 0.1) is 17.3 Å². The number of para-hydroxylation sites is 2. The summed E-state index contributed by atoms with van der Waals surface area (Å²) < 4.78 is 0. The Morgan fingerprint density at radius 3 is 1.76 bits per heavy atom. The van der Waals surface area contributed by atoms with Crippen molar-refractivity contribution in [3.8, 4) is 0 Å². The van der Waals surface area contributed by atoms with E-state index < -0.39 is 5.97 Å². The van der Waals surface area contributed by atoms with Gasteiger partial charge in [-0.15, -0.1) is 5.53 Å². The zero-order chi connectivity index (χ0) is 13.3. The van der Waals surface area contributed by atoms with Crippen LogP contribution in [0, 0.1) is 5.92 Å². The molecule has 5 heteroatoms. The smallest absolute Gasteiger partial charge is 0.305 e. The molecule has 1 aliphatic heterocycles. The van der Waals surface area contributed by atoms with E-state index in [-0.39, 0.29) is 5.92 Å². The van der Waals surface area contributed by atoms with Gasteiger partial charge in [0.25, 0.3) is 0 Å². The molecule has 5 nitrogen and oxygen atoms in total. The largest absolute Gasteiger partial charge is 0.481 e. The summed E-state index contributed by atoms with van der Waals surface area (Å²) in [4.78, 5) is 9.70. The Kier molecular flexibility index (Phi) is 7.54. The highest BCUT2D eigenvalue weighted by Crippen LogP contribution is 2.21. The fourth-order valence-electron chi connectivity index (χ4n) is 0.867. The lowest BCUT2D eigenvalue weighted by atomic mass is 10.2. The highest BCUT2D eigenvalue weighted by Gasteiger charge is 2.04. The van der Waals surface area contributed by atoms with Crippen molar-refractivity contribution in [1.82, 2.24) is 5.53 Å². The van der Waals surface area contributed by atoms with Gasteiger partial charge < -0.3 is 16.0 Å². The van der Waals surface area contributed by atoms with E-state index in [0.717, 1.165) is 11.4 Å². The number of fused-ring (bicyclic) bond motifs is 1. The van der Waals surface area contributed by atoms with Gasteiger partial charge in [-0.1, -0.05) is 39.8 Å². The van der Waals surface area contributed by atoms with Gasteiger partial charge in [0.15, 0.2) is 0 Å². The molecule has 0 atom stereocenters. The molecule has 0 aromatic heterocycles. The fourth-order valence-corrected chi connectivity index (χ4v) is 0.867. The van der Waals surface area contributed by atoms with Crippen molar-refractivity contribution in [3.05, 3.63) is 24.3 Å². The second-order valence-corrected chi connectivity index (χ2v) is 3.41. The Morgan fingerprint density at radius 2 is 1.47 bits per heavy atom. The number of hydrogen-bond acceptors (Lipinski definition) is 4. The third kappa shape index (κ3) is 5.77. The SMILES string of the molecule is CC.CC(C)C(=O)O.c1ccc2c(c1)NNN2.